The molecule has 4 rings (SSSR count). The Morgan fingerprint density at radius 1 is 1.06 bits per heavy atom. The van der Waals surface area contributed by atoms with Crippen molar-refractivity contribution in [1.29, 1.82) is 0 Å². The van der Waals surface area contributed by atoms with E-state index in [1.807, 2.05) is 6.07 Å². The summed E-state index contributed by atoms with van der Waals surface area (Å²) in [6.07, 6.45) is 0. The van der Waals surface area contributed by atoms with Gasteiger partial charge in [-0.1, -0.05) is 41.6 Å². The fraction of sp³-hybridized carbons (Fsp3) is 0.0455. The quantitative estimate of drug-likeness (QED) is 0.361. The van der Waals surface area contributed by atoms with Crippen molar-refractivity contribution in [1.82, 2.24) is 10.1 Å². The molecular weight excluding hydrogens is 400 g/mol. The topological polar surface area (TPSA) is 120 Å². The molecule has 0 radical (unpaired) electrons. The van der Waals surface area contributed by atoms with E-state index in [0.29, 0.717) is 22.7 Å². The molecule has 0 aliphatic heterocycles. The third-order valence-electron chi connectivity index (χ3n) is 4.51. The summed E-state index contributed by atoms with van der Waals surface area (Å²) in [5.74, 6) is 0.591. The minimum Gasteiger partial charge on any atom is -0.497 e. The highest BCUT2D eigenvalue weighted by Gasteiger charge is 2.21. The molecule has 154 valence electrons. The summed E-state index contributed by atoms with van der Waals surface area (Å²) in [5, 5.41) is 17.8. The number of aromatic nitrogens is 2. The molecule has 0 spiro atoms. The highest BCUT2D eigenvalue weighted by molar-refractivity contribution is 6.09. The van der Waals surface area contributed by atoms with Crippen molar-refractivity contribution in [2.45, 2.75) is 0 Å². The van der Waals surface area contributed by atoms with Crippen LogP contribution in [-0.4, -0.2) is 28.1 Å². The van der Waals surface area contributed by atoms with Crippen molar-refractivity contribution in [3.63, 3.8) is 0 Å². The van der Waals surface area contributed by atoms with E-state index in [0.717, 1.165) is 0 Å². The van der Waals surface area contributed by atoms with Gasteiger partial charge in [0.1, 0.15) is 11.4 Å². The van der Waals surface area contributed by atoms with Gasteiger partial charge in [-0.2, -0.15) is 4.98 Å². The molecule has 3 aromatic carbocycles. The van der Waals surface area contributed by atoms with Crippen LogP contribution in [0, 0.1) is 10.1 Å². The molecule has 0 bridgehead atoms. The zero-order chi connectivity index (χ0) is 21.8. The average Bonchev–Trinajstić information content (AvgIpc) is 3.29. The van der Waals surface area contributed by atoms with Crippen LogP contribution in [0.1, 0.15) is 10.4 Å². The first-order valence-electron chi connectivity index (χ1n) is 9.19. The highest BCUT2D eigenvalue weighted by Crippen LogP contribution is 2.29. The maximum atomic E-state index is 12.9. The lowest BCUT2D eigenvalue weighted by Crippen LogP contribution is -2.14. The summed E-state index contributed by atoms with van der Waals surface area (Å²) in [4.78, 5) is 28.0. The first-order chi connectivity index (χ1) is 15.1. The van der Waals surface area contributed by atoms with Gasteiger partial charge in [-0.05, 0) is 30.3 Å². The molecule has 0 saturated carbocycles. The molecule has 0 fully saturated rings. The zero-order valence-corrected chi connectivity index (χ0v) is 16.3. The number of carbonyl (C=O) groups is 1. The summed E-state index contributed by atoms with van der Waals surface area (Å²) < 4.78 is 10.6. The molecule has 1 N–H and O–H groups in total. The van der Waals surface area contributed by atoms with Crippen molar-refractivity contribution in [3.05, 3.63) is 88.5 Å². The van der Waals surface area contributed by atoms with Gasteiger partial charge in [-0.25, -0.2) is 0 Å². The number of nitrogens with one attached hydrogen (secondary N) is 1. The number of nitro groups is 1. The Morgan fingerprint density at radius 3 is 2.65 bits per heavy atom. The molecule has 1 heterocycles. The Balaban J connectivity index is 1.66. The number of amides is 1. The van der Waals surface area contributed by atoms with E-state index in [9.17, 15) is 14.9 Å². The van der Waals surface area contributed by atoms with Gasteiger partial charge < -0.3 is 14.6 Å². The fourth-order valence-corrected chi connectivity index (χ4v) is 3.01. The lowest BCUT2D eigenvalue weighted by atomic mass is 10.1. The van der Waals surface area contributed by atoms with E-state index >= 15 is 0 Å². The maximum absolute atomic E-state index is 12.9. The predicted molar refractivity (Wildman–Crippen MR) is 113 cm³/mol. The van der Waals surface area contributed by atoms with Gasteiger partial charge in [-0.15, -0.1) is 0 Å². The van der Waals surface area contributed by atoms with Crippen LogP contribution >= 0.6 is 0 Å². The second kappa shape index (κ2) is 8.46. The van der Waals surface area contributed by atoms with Gasteiger partial charge in [0.05, 0.1) is 23.2 Å². The molecule has 0 aliphatic carbocycles. The summed E-state index contributed by atoms with van der Waals surface area (Å²) in [6, 6.07) is 19.7. The summed E-state index contributed by atoms with van der Waals surface area (Å²) in [7, 11) is 1.56. The number of carbonyl (C=O) groups excluding carboxylic acids is 1. The zero-order valence-electron chi connectivity index (χ0n) is 16.3. The largest absolute Gasteiger partial charge is 0.497 e. The molecule has 1 amide bonds. The van der Waals surface area contributed by atoms with Gasteiger partial charge in [0.25, 0.3) is 17.5 Å². The van der Waals surface area contributed by atoms with Crippen LogP contribution in [0.5, 0.6) is 5.75 Å². The SMILES string of the molecule is COc1cccc(-c2noc(-c3ccccc3C(=O)Nc3ccccc3[N+](=O)[O-])n2)c1. The van der Waals surface area contributed by atoms with E-state index in [4.69, 9.17) is 9.26 Å². The minimum absolute atomic E-state index is 0.0925. The van der Waals surface area contributed by atoms with Crippen LogP contribution < -0.4 is 10.1 Å². The molecule has 0 unspecified atom stereocenters. The number of benzene rings is 3. The standard InChI is InChI=1S/C22H16N4O5/c1-30-15-8-6-7-14(13-15)20-24-22(31-25-20)17-10-3-2-9-16(17)21(27)23-18-11-4-5-12-19(18)26(28)29/h2-13H,1H3,(H,23,27). The predicted octanol–water partition coefficient (Wildman–Crippen LogP) is 4.57. The van der Waals surface area contributed by atoms with E-state index in [1.54, 1.807) is 55.6 Å². The van der Waals surface area contributed by atoms with E-state index in [1.165, 1.54) is 18.2 Å². The van der Waals surface area contributed by atoms with Crippen molar-refractivity contribution in [2.75, 3.05) is 12.4 Å². The van der Waals surface area contributed by atoms with Gasteiger partial charge in [0, 0.05) is 11.6 Å². The molecule has 31 heavy (non-hydrogen) atoms. The normalized spacial score (nSPS) is 10.5. The second-order valence-electron chi connectivity index (χ2n) is 6.43. The average molecular weight is 416 g/mol. The molecule has 0 saturated heterocycles. The van der Waals surface area contributed by atoms with Crippen LogP contribution in [0.4, 0.5) is 11.4 Å². The van der Waals surface area contributed by atoms with Gasteiger partial charge in [0.2, 0.25) is 5.82 Å². The molecule has 0 atom stereocenters. The Bertz CT molecular complexity index is 1270. The third kappa shape index (κ3) is 4.10. The van der Waals surface area contributed by atoms with Crippen LogP contribution in [0.25, 0.3) is 22.8 Å². The van der Waals surface area contributed by atoms with Crippen LogP contribution in [0.2, 0.25) is 0 Å². The summed E-state index contributed by atoms with van der Waals surface area (Å²) in [6.45, 7) is 0. The fourth-order valence-electron chi connectivity index (χ4n) is 3.01. The minimum atomic E-state index is -0.556. The number of hydrogen-bond acceptors (Lipinski definition) is 7. The monoisotopic (exact) mass is 416 g/mol. The van der Waals surface area contributed by atoms with Crippen molar-refractivity contribution in [3.8, 4) is 28.6 Å². The number of hydrogen-bond donors (Lipinski definition) is 1. The number of ether oxygens (including phenoxy) is 1. The molecule has 4 aromatic rings. The van der Waals surface area contributed by atoms with Crippen LogP contribution in [-0.2, 0) is 0 Å². The van der Waals surface area contributed by atoms with E-state index in [-0.39, 0.29) is 22.8 Å². The van der Waals surface area contributed by atoms with E-state index in [2.05, 4.69) is 15.5 Å². The number of nitrogens with zero attached hydrogens (tertiary/aromatic N) is 3. The lowest BCUT2D eigenvalue weighted by molar-refractivity contribution is -0.383. The first-order valence-corrected chi connectivity index (χ1v) is 9.19. The summed E-state index contributed by atoms with van der Waals surface area (Å²) >= 11 is 0. The van der Waals surface area contributed by atoms with Gasteiger partial charge >= 0.3 is 0 Å². The summed E-state index contributed by atoms with van der Waals surface area (Å²) in [5.41, 5.74) is 1.22. The highest BCUT2D eigenvalue weighted by atomic mass is 16.6. The second-order valence-corrected chi connectivity index (χ2v) is 6.43. The number of nitro benzene ring substituents is 1. The van der Waals surface area contributed by atoms with Crippen molar-refractivity contribution in [2.24, 2.45) is 0 Å². The van der Waals surface area contributed by atoms with Crippen LogP contribution in [0.3, 0.4) is 0 Å². The molecule has 1 aromatic heterocycles. The van der Waals surface area contributed by atoms with Gasteiger partial charge in [-0.3, -0.25) is 14.9 Å². The van der Waals surface area contributed by atoms with Gasteiger partial charge in [0.15, 0.2) is 0 Å². The Labute approximate surface area is 176 Å². The molecule has 0 aliphatic rings. The number of rotatable bonds is 6. The molecular formula is C22H16N4O5. The van der Waals surface area contributed by atoms with Crippen molar-refractivity contribution < 1.29 is 19.0 Å². The Kier molecular flexibility index (Phi) is 5.39. The Hall–Kier alpha value is -4.53. The van der Waals surface area contributed by atoms with Crippen LogP contribution in [0.15, 0.2) is 77.3 Å². The number of anilines is 1. The van der Waals surface area contributed by atoms with E-state index < -0.39 is 10.8 Å². The Morgan fingerprint density at radius 2 is 1.84 bits per heavy atom. The third-order valence-corrected chi connectivity index (χ3v) is 4.51. The first kappa shape index (κ1) is 19.8. The lowest BCUT2D eigenvalue weighted by Gasteiger charge is -2.08. The smallest absolute Gasteiger partial charge is 0.292 e. The number of para-hydroxylation sites is 2. The molecule has 9 nitrogen and oxygen atoms in total. The maximum Gasteiger partial charge on any atom is 0.292 e. The van der Waals surface area contributed by atoms with Crippen molar-refractivity contribution >= 4 is 17.3 Å². The molecule has 9 heteroatoms. The number of methoxy groups -OCH3 is 1.